The second-order valence-electron chi connectivity index (χ2n) is 7.30. The van der Waals surface area contributed by atoms with Crippen LogP contribution in [0.1, 0.15) is 5.56 Å². The number of carbonyl (C=O) groups is 1. The summed E-state index contributed by atoms with van der Waals surface area (Å²) in [4.78, 5) is 18.3. The molecule has 0 aliphatic carbocycles. The van der Waals surface area contributed by atoms with Crippen molar-refractivity contribution in [3.05, 3.63) is 53.2 Å². The second-order valence-corrected chi connectivity index (χ2v) is 9.57. The third-order valence-corrected chi connectivity index (χ3v) is 7.85. The molecule has 3 heterocycles. The summed E-state index contributed by atoms with van der Waals surface area (Å²) in [5, 5.41) is 0.0777. The molecular weight excluding hydrogens is 457 g/mol. The van der Waals surface area contributed by atoms with E-state index in [1.807, 2.05) is 0 Å². The van der Waals surface area contributed by atoms with Crippen LogP contribution in [0.15, 0.2) is 47.5 Å². The zero-order chi connectivity index (χ0) is 22.4. The highest BCUT2D eigenvalue weighted by molar-refractivity contribution is 7.89. The number of benzene rings is 1. The van der Waals surface area contributed by atoms with Crippen LogP contribution >= 0.6 is 11.6 Å². The zero-order valence-corrected chi connectivity index (χ0v) is 17.6. The fraction of sp³-hybridized carbons (Fsp3) is 0.368. The maximum absolute atomic E-state index is 13.4. The molecule has 2 aliphatic rings. The molecule has 2 unspecified atom stereocenters. The number of alkyl halides is 3. The third-order valence-electron chi connectivity index (χ3n) is 5.46. The number of hydrogen-bond donors (Lipinski definition) is 0. The van der Waals surface area contributed by atoms with E-state index in [-0.39, 0.29) is 41.9 Å². The topological polar surface area (TPSA) is 73.6 Å². The van der Waals surface area contributed by atoms with Crippen molar-refractivity contribution < 1.29 is 26.4 Å². The lowest BCUT2D eigenvalue weighted by Crippen LogP contribution is -2.56. The van der Waals surface area contributed by atoms with E-state index in [4.69, 9.17) is 11.6 Å². The van der Waals surface area contributed by atoms with Gasteiger partial charge in [-0.1, -0.05) is 23.7 Å². The molecule has 0 saturated carbocycles. The van der Waals surface area contributed by atoms with Gasteiger partial charge in [-0.05, 0) is 24.3 Å². The van der Waals surface area contributed by atoms with Gasteiger partial charge in [0.2, 0.25) is 16.4 Å². The molecule has 4 rings (SSSR count). The van der Waals surface area contributed by atoms with Gasteiger partial charge in [0, 0.05) is 32.4 Å². The molecule has 166 valence electrons. The van der Waals surface area contributed by atoms with Crippen LogP contribution in [-0.4, -0.2) is 67.3 Å². The quantitative estimate of drug-likeness (QED) is 0.492. The highest BCUT2D eigenvalue weighted by atomic mass is 35.5. The number of nitrogens with zero attached hydrogens (tertiary/aromatic N) is 4. The van der Waals surface area contributed by atoms with E-state index in [0.717, 1.165) is 6.07 Å². The van der Waals surface area contributed by atoms with Crippen LogP contribution < -0.4 is 4.90 Å². The first-order valence-corrected chi connectivity index (χ1v) is 11.2. The van der Waals surface area contributed by atoms with Crippen LogP contribution in [0.2, 0.25) is 5.02 Å². The summed E-state index contributed by atoms with van der Waals surface area (Å²) in [5.74, 6) is -0.230. The summed E-state index contributed by atoms with van der Waals surface area (Å²) in [6.45, 7) is 0.473. The van der Waals surface area contributed by atoms with E-state index < -0.39 is 33.8 Å². The molecule has 2 saturated heterocycles. The Bertz CT molecular complexity index is 1100. The molecule has 0 N–H and O–H groups in total. The van der Waals surface area contributed by atoms with Crippen molar-refractivity contribution in [3.8, 4) is 0 Å². The minimum Gasteiger partial charge on any atom is -0.352 e. The highest BCUT2D eigenvalue weighted by Gasteiger charge is 2.52. The Labute approximate surface area is 182 Å². The summed E-state index contributed by atoms with van der Waals surface area (Å²) in [5.41, 5.74) is -0.871. The van der Waals surface area contributed by atoms with Crippen LogP contribution in [0, 0.1) is 0 Å². The first-order valence-electron chi connectivity index (χ1n) is 9.39. The van der Waals surface area contributed by atoms with Crippen molar-refractivity contribution in [3.63, 3.8) is 0 Å². The highest BCUT2D eigenvalue weighted by Crippen LogP contribution is 2.38. The number of amides is 1. The molecule has 2 fully saturated rings. The summed E-state index contributed by atoms with van der Waals surface area (Å²) in [6.07, 6.45) is -2.71. The average molecular weight is 475 g/mol. The minimum atomic E-state index is -4.58. The molecule has 3 atom stereocenters. The predicted molar refractivity (Wildman–Crippen MR) is 107 cm³/mol. The van der Waals surface area contributed by atoms with Gasteiger partial charge in [0.25, 0.3) is 0 Å². The normalized spacial score (nSPS) is 24.2. The summed E-state index contributed by atoms with van der Waals surface area (Å²) < 4.78 is 67.4. The minimum absolute atomic E-state index is 0.0258. The monoisotopic (exact) mass is 474 g/mol. The largest absolute Gasteiger partial charge is 0.419 e. The summed E-state index contributed by atoms with van der Waals surface area (Å²) in [6, 6.07) is 7.00. The number of anilines is 1. The van der Waals surface area contributed by atoms with Gasteiger partial charge < -0.3 is 9.80 Å². The van der Waals surface area contributed by atoms with Gasteiger partial charge in [-0.15, -0.1) is 0 Å². The summed E-state index contributed by atoms with van der Waals surface area (Å²) >= 11 is 6.04. The fourth-order valence-electron chi connectivity index (χ4n) is 3.87. The Kier molecular flexibility index (Phi) is 5.61. The van der Waals surface area contributed by atoms with E-state index in [2.05, 4.69) is 4.98 Å². The van der Waals surface area contributed by atoms with Gasteiger partial charge in [-0.3, -0.25) is 4.79 Å². The smallest absolute Gasteiger partial charge is 0.352 e. The number of rotatable bonds is 5. The summed E-state index contributed by atoms with van der Waals surface area (Å²) in [7, 11) is -3.90. The number of pyridine rings is 1. The van der Waals surface area contributed by atoms with Crippen molar-refractivity contribution in [2.45, 2.75) is 23.2 Å². The lowest BCUT2D eigenvalue weighted by molar-refractivity contribution is -0.137. The molecule has 12 heteroatoms. The molecule has 31 heavy (non-hydrogen) atoms. The van der Waals surface area contributed by atoms with E-state index in [1.54, 1.807) is 12.1 Å². The van der Waals surface area contributed by atoms with Crippen molar-refractivity contribution in [2.24, 2.45) is 0 Å². The van der Waals surface area contributed by atoms with Crippen molar-refractivity contribution >= 4 is 33.9 Å². The second kappa shape index (κ2) is 7.95. The number of hydrogen-bond acceptors (Lipinski definition) is 5. The SMILES string of the molecule is O=CN1CCN(c2ncccc2C(F)(F)F)CC1[C@@H]1CN1S(=O)(=O)c1ccccc1Cl. The van der Waals surface area contributed by atoms with Crippen molar-refractivity contribution in [1.82, 2.24) is 14.2 Å². The van der Waals surface area contributed by atoms with Gasteiger partial charge in [-0.25, -0.2) is 13.4 Å². The Balaban J connectivity index is 1.59. The number of halogens is 4. The van der Waals surface area contributed by atoms with Crippen molar-refractivity contribution in [1.29, 1.82) is 0 Å². The molecule has 7 nitrogen and oxygen atoms in total. The van der Waals surface area contributed by atoms with Crippen LogP contribution in [0.3, 0.4) is 0 Å². The molecule has 0 bridgehead atoms. The first-order chi connectivity index (χ1) is 14.6. The number of aromatic nitrogens is 1. The third kappa shape index (κ3) is 4.09. The molecule has 0 spiro atoms. The van der Waals surface area contributed by atoms with Gasteiger partial charge >= 0.3 is 6.18 Å². The first kappa shape index (κ1) is 21.8. The van der Waals surface area contributed by atoms with Gasteiger partial charge in [0.15, 0.2) is 0 Å². The molecule has 1 aromatic heterocycles. The Morgan fingerprint density at radius 3 is 2.48 bits per heavy atom. The van der Waals surface area contributed by atoms with Crippen LogP contribution in [0.5, 0.6) is 0 Å². The standard InChI is InChI=1S/C19H18ClF3N4O3S/c20-14-5-1-2-6-17(14)31(29,30)27-11-16(27)15-10-25(8-9-26(15)12-28)18-13(19(21,22)23)4-3-7-24-18/h1-7,12,15-16H,8-11H2/t15?,16-,27?/m0/s1. The lowest BCUT2D eigenvalue weighted by atomic mass is 10.1. The lowest BCUT2D eigenvalue weighted by Gasteiger charge is -2.40. The maximum atomic E-state index is 13.4. The molecule has 2 aliphatic heterocycles. The zero-order valence-electron chi connectivity index (χ0n) is 16.0. The number of sulfonamides is 1. The van der Waals surface area contributed by atoms with Crippen LogP contribution in [0.25, 0.3) is 0 Å². The van der Waals surface area contributed by atoms with Crippen LogP contribution in [0.4, 0.5) is 19.0 Å². The molecule has 1 aromatic carbocycles. The van der Waals surface area contributed by atoms with E-state index in [9.17, 15) is 26.4 Å². The van der Waals surface area contributed by atoms with E-state index in [1.165, 1.54) is 38.5 Å². The van der Waals surface area contributed by atoms with E-state index in [0.29, 0.717) is 6.41 Å². The average Bonchev–Trinajstić information content (AvgIpc) is 3.54. The van der Waals surface area contributed by atoms with Crippen LogP contribution in [-0.2, 0) is 21.0 Å². The Morgan fingerprint density at radius 1 is 1.06 bits per heavy atom. The predicted octanol–water partition coefficient (Wildman–Crippen LogP) is 2.47. The Morgan fingerprint density at radius 2 is 1.81 bits per heavy atom. The maximum Gasteiger partial charge on any atom is 0.419 e. The Hall–Kier alpha value is -2.37. The van der Waals surface area contributed by atoms with Crippen molar-refractivity contribution in [2.75, 3.05) is 31.1 Å². The molecule has 2 aromatic rings. The van der Waals surface area contributed by atoms with Gasteiger partial charge in [-0.2, -0.15) is 17.5 Å². The molecule has 0 radical (unpaired) electrons. The molecular formula is C19H18ClF3N4O3S. The molecule has 1 amide bonds. The number of piperazine rings is 1. The fourth-order valence-corrected chi connectivity index (χ4v) is 5.96. The number of carbonyl (C=O) groups excluding carboxylic acids is 1. The van der Waals surface area contributed by atoms with E-state index >= 15 is 0 Å². The van der Waals surface area contributed by atoms with Gasteiger partial charge in [0.05, 0.1) is 22.7 Å². The van der Waals surface area contributed by atoms with Gasteiger partial charge in [0.1, 0.15) is 10.7 Å².